The average molecular weight is 447 g/mol. The molecule has 2 aromatic carbocycles. The van der Waals surface area contributed by atoms with Crippen molar-refractivity contribution in [3.8, 4) is 16.9 Å². The fraction of sp³-hybridized carbons (Fsp3) is 0.346. The zero-order chi connectivity index (χ0) is 23.2. The molecule has 33 heavy (non-hydrogen) atoms. The van der Waals surface area contributed by atoms with Gasteiger partial charge in [0, 0.05) is 44.1 Å². The highest BCUT2D eigenvalue weighted by Crippen LogP contribution is 2.33. The Morgan fingerprint density at radius 1 is 1.12 bits per heavy atom. The molecule has 1 saturated heterocycles. The Labute approximate surface area is 194 Å². The molecule has 0 aliphatic carbocycles. The van der Waals surface area contributed by atoms with Crippen molar-refractivity contribution >= 4 is 11.8 Å². The van der Waals surface area contributed by atoms with Crippen LogP contribution in [-0.4, -0.2) is 64.9 Å². The fourth-order valence-electron chi connectivity index (χ4n) is 4.50. The van der Waals surface area contributed by atoms with Gasteiger partial charge in [0.1, 0.15) is 5.75 Å². The maximum Gasteiger partial charge on any atom is 0.289 e. The number of carbonyl (C=O) groups excluding carboxylic acids is 2. The van der Waals surface area contributed by atoms with Gasteiger partial charge < -0.3 is 19.5 Å². The van der Waals surface area contributed by atoms with E-state index in [0.717, 1.165) is 28.9 Å². The zero-order valence-electron chi connectivity index (χ0n) is 19.2. The Morgan fingerprint density at radius 2 is 1.88 bits per heavy atom. The Hall–Kier alpha value is -3.61. The molecule has 1 fully saturated rings. The highest BCUT2D eigenvalue weighted by molar-refractivity contribution is 5.91. The zero-order valence-corrected chi connectivity index (χ0v) is 19.2. The van der Waals surface area contributed by atoms with Gasteiger partial charge in [0.15, 0.2) is 5.82 Å². The van der Waals surface area contributed by atoms with E-state index in [1.165, 1.54) is 0 Å². The molecule has 2 amide bonds. The molecule has 0 saturated carbocycles. The third-order valence-electron chi connectivity index (χ3n) is 6.10. The van der Waals surface area contributed by atoms with Gasteiger partial charge in [-0.1, -0.05) is 49.4 Å². The number of imidazole rings is 1. The molecule has 7 nitrogen and oxygen atoms in total. The molecular formula is C26H30N4O3. The molecule has 1 unspecified atom stereocenters. The maximum atomic E-state index is 13.5. The van der Waals surface area contributed by atoms with Crippen molar-refractivity contribution in [1.29, 1.82) is 0 Å². The minimum atomic E-state index is -0.339. The van der Waals surface area contributed by atoms with Crippen LogP contribution >= 0.6 is 0 Å². The van der Waals surface area contributed by atoms with E-state index in [1.807, 2.05) is 41.3 Å². The molecule has 2 heterocycles. The van der Waals surface area contributed by atoms with E-state index in [9.17, 15) is 9.59 Å². The van der Waals surface area contributed by atoms with Crippen LogP contribution in [0.25, 0.3) is 11.1 Å². The quantitative estimate of drug-likeness (QED) is 0.601. The molecule has 0 spiro atoms. The van der Waals surface area contributed by atoms with Crippen molar-refractivity contribution in [1.82, 2.24) is 19.8 Å². The maximum absolute atomic E-state index is 13.5. The van der Waals surface area contributed by atoms with Gasteiger partial charge in [-0.3, -0.25) is 9.59 Å². The van der Waals surface area contributed by atoms with Crippen molar-refractivity contribution in [2.45, 2.75) is 19.8 Å². The van der Waals surface area contributed by atoms with E-state index in [0.29, 0.717) is 38.4 Å². The summed E-state index contributed by atoms with van der Waals surface area (Å²) < 4.78 is 5.59. The average Bonchev–Trinajstić information content (AvgIpc) is 3.34. The predicted molar refractivity (Wildman–Crippen MR) is 127 cm³/mol. The smallest absolute Gasteiger partial charge is 0.289 e. The molecule has 172 valence electrons. The van der Waals surface area contributed by atoms with Crippen molar-refractivity contribution in [2.75, 3.05) is 33.3 Å². The second kappa shape index (κ2) is 10.3. The lowest BCUT2D eigenvalue weighted by Crippen LogP contribution is -2.38. The summed E-state index contributed by atoms with van der Waals surface area (Å²) in [4.78, 5) is 37.2. The van der Waals surface area contributed by atoms with E-state index in [1.54, 1.807) is 24.4 Å². The lowest BCUT2D eigenvalue weighted by molar-refractivity contribution is -0.134. The van der Waals surface area contributed by atoms with Gasteiger partial charge in [0.2, 0.25) is 5.91 Å². The van der Waals surface area contributed by atoms with Crippen LogP contribution < -0.4 is 4.74 Å². The summed E-state index contributed by atoms with van der Waals surface area (Å²) in [5.74, 6) is 0.684. The van der Waals surface area contributed by atoms with Gasteiger partial charge >= 0.3 is 0 Å². The van der Waals surface area contributed by atoms with E-state index in [-0.39, 0.29) is 17.7 Å². The van der Waals surface area contributed by atoms with Gasteiger partial charge in [0.05, 0.1) is 13.0 Å². The molecule has 1 atom stereocenters. The Kier molecular flexibility index (Phi) is 7.07. The SMILES string of the molecule is CCCN1CCN(C(=O)c2ncc[nH]2)CC(Cc2ccccc2-c2ccccc2OC)C1=O. The third kappa shape index (κ3) is 4.92. The topological polar surface area (TPSA) is 78.5 Å². The van der Waals surface area contributed by atoms with E-state index < -0.39 is 0 Å². The number of nitrogens with one attached hydrogen (secondary N) is 1. The number of aromatic nitrogens is 2. The Balaban J connectivity index is 1.66. The lowest BCUT2D eigenvalue weighted by atomic mass is 9.91. The molecule has 4 rings (SSSR count). The number of H-pyrrole nitrogens is 1. The fourth-order valence-corrected chi connectivity index (χ4v) is 4.50. The summed E-state index contributed by atoms with van der Waals surface area (Å²) in [5, 5.41) is 0. The molecule has 7 heteroatoms. The molecule has 1 N–H and O–H groups in total. The second-order valence-electron chi connectivity index (χ2n) is 8.27. The Bertz CT molecular complexity index is 1100. The lowest BCUT2D eigenvalue weighted by Gasteiger charge is -2.24. The number of aromatic amines is 1. The standard InChI is InChI=1S/C26H30N4O3/c1-3-14-29-15-16-30(26(32)24-27-12-13-28-24)18-20(25(29)31)17-19-8-4-5-9-21(19)22-10-6-7-11-23(22)33-2/h4-13,20H,3,14-18H2,1-2H3,(H,27,28). The highest BCUT2D eigenvalue weighted by Gasteiger charge is 2.33. The number of hydrogen-bond acceptors (Lipinski definition) is 4. The van der Waals surface area contributed by atoms with Gasteiger partial charge in [-0.25, -0.2) is 4.98 Å². The summed E-state index contributed by atoms with van der Waals surface area (Å²) in [5.41, 5.74) is 3.09. The van der Waals surface area contributed by atoms with Crippen LogP contribution in [0, 0.1) is 5.92 Å². The monoisotopic (exact) mass is 446 g/mol. The van der Waals surface area contributed by atoms with E-state index in [2.05, 4.69) is 29.0 Å². The van der Waals surface area contributed by atoms with Crippen LogP contribution in [-0.2, 0) is 11.2 Å². The number of rotatable bonds is 7. The molecule has 1 aliphatic heterocycles. The first-order valence-electron chi connectivity index (χ1n) is 11.4. The minimum absolute atomic E-state index is 0.0985. The van der Waals surface area contributed by atoms with E-state index in [4.69, 9.17) is 4.74 Å². The molecule has 0 radical (unpaired) electrons. The summed E-state index contributed by atoms with van der Waals surface area (Å²) in [6.45, 7) is 4.14. The normalized spacial score (nSPS) is 16.5. The van der Waals surface area contributed by atoms with Gasteiger partial charge in [-0.2, -0.15) is 0 Å². The molecule has 1 aromatic heterocycles. The largest absolute Gasteiger partial charge is 0.496 e. The van der Waals surface area contributed by atoms with E-state index >= 15 is 0 Å². The highest BCUT2D eigenvalue weighted by atomic mass is 16.5. The second-order valence-corrected chi connectivity index (χ2v) is 8.27. The van der Waals surface area contributed by atoms with Crippen LogP contribution in [0.15, 0.2) is 60.9 Å². The first-order chi connectivity index (χ1) is 16.1. The number of amides is 2. The first-order valence-corrected chi connectivity index (χ1v) is 11.4. The molecule has 0 bridgehead atoms. The van der Waals surface area contributed by atoms with Crippen molar-refractivity contribution in [2.24, 2.45) is 5.92 Å². The molecule has 1 aliphatic rings. The number of ether oxygens (including phenoxy) is 1. The van der Waals surface area contributed by atoms with Gasteiger partial charge in [0.25, 0.3) is 5.91 Å². The summed E-state index contributed by atoms with van der Waals surface area (Å²) >= 11 is 0. The van der Waals surface area contributed by atoms with Crippen molar-refractivity contribution < 1.29 is 14.3 Å². The first kappa shape index (κ1) is 22.6. The number of carbonyl (C=O) groups is 2. The number of nitrogens with zero attached hydrogens (tertiary/aromatic N) is 3. The number of hydrogen-bond donors (Lipinski definition) is 1. The van der Waals surface area contributed by atoms with Crippen LogP contribution in [0.3, 0.4) is 0 Å². The number of benzene rings is 2. The van der Waals surface area contributed by atoms with Crippen molar-refractivity contribution in [3.63, 3.8) is 0 Å². The Morgan fingerprint density at radius 3 is 2.61 bits per heavy atom. The predicted octanol–water partition coefficient (Wildman–Crippen LogP) is 3.64. The molecular weight excluding hydrogens is 416 g/mol. The number of methoxy groups -OCH3 is 1. The van der Waals surface area contributed by atoms with Gasteiger partial charge in [-0.15, -0.1) is 0 Å². The van der Waals surface area contributed by atoms with Crippen LogP contribution in [0.2, 0.25) is 0 Å². The summed E-state index contributed by atoms with van der Waals surface area (Å²) in [6, 6.07) is 16.0. The number of para-hydroxylation sites is 1. The third-order valence-corrected chi connectivity index (χ3v) is 6.10. The summed E-state index contributed by atoms with van der Waals surface area (Å²) in [6.07, 6.45) is 4.62. The van der Waals surface area contributed by atoms with Crippen LogP contribution in [0.4, 0.5) is 0 Å². The van der Waals surface area contributed by atoms with Gasteiger partial charge in [-0.05, 0) is 30.0 Å². The van der Waals surface area contributed by atoms with Crippen molar-refractivity contribution in [3.05, 3.63) is 72.3 Å². The minimum Gasteiger partial charge on any atom is -0.496 e. The molecule has 3 aromatic rings. The summed E-state index contributed by atoms with van der Waals surface area (Å²) in [7, 11) is 1.66. The van der Waals surface area contributed by atoms with Crippen LogP contribution in [0.5, 0.6) is 5.75 Å². The van der Waals surface area contributed by atoms with Crippen LogP contribution in [0.1, 0.15) is 29.5 Å².